The Morgan fingerprint density at radius 3 is 2.20 bits per heavy atom. The molecule has 4 nitrogen and oxygen atoms in total. The molecule has 0 aromatic rings. The summed E-state index contributed by atoms with van der Waals surface area (Å²) in [5, 5.41) is 0. The van der Waals surface area contributed by atoms with Crippen LogP contribution in [-0.4, -0.2) is 38.0 Å². The van der Waals surface area contributed by atoms with Crippen LogP contribution in [0, 0.1) is 0 Å². The summed E-state index contributed by atoms with van der Waals surface area (Å²) in [4.78, 5) is 11.2. The van der Waals surface area contributed by atoms with Gasteiger partial charge < -0.3 is 14.2 Å². The topological polar surface area (TPSA) is 44.8 Å². The monoisotopic (exact) mass is 218 g/mol. The molecule has 15 heavy (non-hydrogen) atoms. The molecule has 0 unspecified atom stereocenters. The van der Waals surface area contributed by atoms with E-state index in [1.54, 1.807) is 0 Å². The van der Waals surface area contributed by atoms with Gasteiger partial charge >= 0.3 is 5.97 Å². The lowest BCUT2D eigenvalue weighted by Gasteiger charge is -2.19. The van der Waals surface area contributed by atoms with E-state index < -0.39 is 5.60 Å². The van der Waals surface area contributed by atoms with Crippen LogP contribution in [0.3, 0.4) is 0 Å². The first-order valence-electron chi connectivity index (χ1n) is 5.33. The average Bonchev–Trinajstić information content (AvgIpc) is 2.08. The molecule has 0 spiro atoms. The van der Waals surface area contributed by atoms with Crippen molar-refractivity contribution in [2.24, 2.45) is 0 Å². The van der Waals surface area contributed by atoms with Crippen LogP contribution in [0.2, 0.25) is 0 Å². The Morgan fingerprint density at radius 1 is 1.07 bits per heavy atom. The van der Waals surface area contributed by atoms with Crippen LogP contribution in [0.25, 0.3) is 0 Å². The fourth-order valence-corrected chi connectivity index (χ4v) is 0.912. The molecular weight excluding hydrogens is 196 g/mol. The minimum absolute atomic E-state index is 0.223. The van der Waals surface area contributed by atoms with Crippen molar-refractivity contribution in [2.45, 2.75) is 39.7 Å². The molecule has 0 aromatic heterocycles. The molecule has 0 atom stereocenters. The molecule has 0 saturated carbocycles. The first-order valence-corrected chi connectivity index (χ1v) is 5.33. The molecule has 90 valence electrons. The lowest BCUT2D eigenvalue weighted by Crippen LogP contribution is -2.24. The third kappa shape index (κ3) is 11.3. The summed E-state index contributed by atoms with van der Waals surface area (Å²) < 4.78 is 15.4. The van der Waals surface area contributed by atoms with Gasteiger partial charge in [-0.1, -0.05) is 0 Å². The second-order valence-corrected chi connectivity index (χ2v) is 4.15. The molecule has 0 aromatic carbocycles. The molecule has 0 heterocycles. The summed E-state index contributed by atoms with van der Waals surface area (Å²) >= 11 is 0. The van der Waals surface area contributed by atoms with Gasteiger partial charge in [0.2, 0.25) is 0 Å². The highest BCUT2D eigenvalue weighted by Crippen LogP contribution is 2.07. The zero-order valence-electron chi connectivity index (χ0n) is 10.2. The van der Waals surface area contributed by atoms with Crippen molar-refractivity contribution in [2.75, 3.05) is 26.4 Å². The van der Waals surface area contributed by atoms with Crippen LogP contribution < -0.4 is 0 Å². The number of hydrogen-bond acceptors (Lipinski definition) is 4. The van der Waals surface area contributed by atoms with Crippen LogP contribution in [0.4, 0.5) is 0 Å². The lowest BCUT2D eigenvalue weighted by molar-refractivity contribution is -0.156. The van der Waals surface area contributed by atoms with E-state index in [0.29, 0.717) is 32.8 Å². The van der Waals surface area contributed by atoms with Crippen LogP contribution in [0.1, 0.15) is 34.1 Å². The van der Waals surface area contributed by atoms with Crippen molar-refractivity contribution >= 4 is 5.97 Å². The van der Waals surface area contributed by atoms with E-state index in [4.69, 9.17) is 14.2 Å². The number of ether oxygens (including phenoxy) is 3. The van der Waals surface area contributed by atoms with E-state index in [9.17, 15) is 4.79 Å². The first-order chi connectivity index (χ1) is 6.95. The molecule has 0 aliphatic rings. The molecule has 0 rings (SSSR count). The van der Waals surface area contributed by atoms with Crippen molar-refractivity contribution in [1.29, 1.82) is 0 Å². The fraction of sp³-hybridized carbons (Fsp3) is 0.909. The van der Waals surface area contributed by atoms with Crippen LogP contribution in [-0.2, 0) is 19.0 Å². The maximum absolute atomic E-state index is 11.2. The van der Waals surface area contributed by atoms with Gasteiger partial charge in [-0.3, -0.25) is 4.79 Å². The number of carbonyl (C=O) groups excluding carboxylic acids is 1. The molecule has 0 amide bonds. The van der Waals surface area contributed by atoms with E-state index in [1.165, 1.54) is 0 Å². The Hall–Kier alpha value is -0.610. The van der Waals surface area contributed by atoms with Crippen LogP contribution in [0.5, 0.6) is 0 Å². The molecule has 0 aliphatic heterocycles. The zero-order valence-corrected chi connectivity index (χ0v) is 10.2. The van der Waals surface area contributed by atoms with E-state index in [-0.39, 0.29) is 5.97 Å². The summed E-state index contributed by atoms with van der Waals surface area (Å²) in [6.45, 7) is 9.65. The predicted molar refractivity (Wildman–Crippen MR) is 57.8 cm³/mol. The van der Waals surface area contributed by atoms with Crippen molar-refractivity contribution in [1.82, 2.24) is 0 Å². The first kappa shape index (κ1) is 14.4. The quantitative estimate of drug-likeness (QED) is 0.482. The SMILES string of the molecule is CCOCCOCCC(=O)OC(C)(C)C. The van der Waals surface area contributed by atoms with Crippen molar-refractivity contribution < 1.29 is 19.0 Å². The normalized spacial score (nSPS) is 11.5. The highest BCUT2D eigenvalue weighted by molar-refractivity contribution is 5.69. The molecular formula is C11H22O4. The van der Waals surface area contributed by atoms with Crippen LogP contribution in [0.15, 0.2) is 0 Å². The number of rotatable bonds is 7. The average molecular weight is 218 g/mol. The van der Waals surface area contributed by atoms with Crippen molar-refractivity contribution in [3.63, 3.8) is 0 Å². The second kappa shape index (κ2) is 7.65. The van der Waals surface area contributed by atoms with Gasteiger partial charge in [0.15, 0.2) is 0 Å². The van der Waals surface area contributed by atoms with Crippen LogP contribution >= 0.6 is 0 Å². The smallest absolute Gasteiger partial charge is 0.308 e. The van der Waals surface area contributed by atoms with E-state index >= 15 is 0 Å². The van der Waals surface area contributed by atoms with Gasteiger partial charge in [0, 0.05) is 6.61 Å². The molecule has 0 N–H and O–H groups in total. The Balaban J connectivity index is 3.32. The molecule has 0 bridgehead atoms. The Morgan fingerprint density at radius 2 is 1.67 bits per heavy atom. The number of carbonyl (C=O) groups is 1. The number of esters is 1. The van der Waals surface area contributed by atoms with Gasteiger partial charge in [0.25, 0.3) is 0 Å². The van der Waals surface area contributed by atoms with Gasteiger partial charge in [-0.25, -0.2) is 0 Å². The summed E-state index contributed by atoms with van der Waals surface area (Å²) in [7, 11) is 0. The predicted octanol–water partition coefficient (Wildman–Crippen LogP) is 1.77. The molecule has 0 fully saturated rings. The maximum atomic E-state index is 11.2. The molecule has 0 aliphatic carbocycles. The van der Waals surface area contributed by atoms with E-state index in [0.717, 1.165) is 0 Å². The van der Waals surface area contributed by atoms with Crippen molar-refractivity contribution in [3.8, 4) is 0 Å². The molecule has 0 radical (unpaired) electrons. The fourth-order valence-electron chi connectivity index (χ4n) is 0.912. The summed E-state index contributed by atoms with van der Waals surface area (Å²) in [6.07, 6.45) is 0.295. The second-order valence-electron chi connectivity index (χ2n) is 4.15. The minimum Gasteiger partial charge on any atom is -0.460 e. The summed E-state index contributed by atoms with van der Waals surface area (Å²) in [5.74, 6) is -0.223. The maximum Gasteiger partial charge on any atom is 0.308 e. The van der Waals surface area contributed by atoms with Gasteiger partial charge in [-0.05, 0) is 27.7 Å². The third-order valence-corrected chi connectivity index (χ3v) is 1.45. The Bertz CT molecular complexity index is 172. The minimum atomic E-state index is -0.414. The van der Waals surface area contributed by atoms with Gasteiger partial charge in [0.1, 0.15) is 5.60 Å². The number of hydrogen-bond donors (Lipinski definition) is 0. The van der Waals surface area contributed by atoms with Crippen molar-refractivity contribution in [3.05, 3.63) is 0 Å². The standard InChI is InChI=1S/C11H22O4/c1-5-13-8-9-14-7-6-10(12)15-11(2,3)4/h5-9H2,1-4H3. The summed E-state index contributed by atoms with van der Waals surface area (Å²) in [6, 6.07) is 0. The zero-order chi connectivity index (χ0) is 11.7. The summed E-state index contributed by atoms with van der Waals surface area (Å²) in [5.41, 5.74) is -0.414. The Labute approximate surface area is 91.9 Å². The van der Waals surface area contributed by atoms with E-state index in [2.05, 4.69) is 0 Å². The van der Waals surface area contributed by atoms with Gasteiger partial charge in [-0.2, -0.15) is 0 Å². The van der Waals surface area contributed by atoms with Gasteiger partial charge in [0.05, 0.1) is 26.2 Å². The van der Waals surface area contributed by atoms with Gasteiger partial charge in [-0.15, -0.1) is 0 Å². The van der Waals surface area contributed by atoms with E-state index in [1.807, 2.05) is 27.7 Å². The third-order valence-electron chi connectivity index (χ3n) is 1.45. The largest absolute Gasteiger partial charge is 0.460 e. The molecule has 4 heteroatoms. The highest BCUT2D eigenvalue weighted by atomic mass is 16.6. The lowest BCUT2D eigenvalue weighted by atomic mass is 10.2. The molecule has 0 saturated heterocycles. The highest BCUT2D eigenvalue weighted by Gasteiger charge is 2.15. The Kier molecular flexibility index (Phi) is 7.34.